The molecule has 1 saturated heterocycles. The molecule has 0 N–H and O–H groups in total. The topological polar surface area (TPSA) is 29.5 Å². The van der Waals surface area contributed by atoms with E-state index in [-0.39, 0.29) is 5.78 Å². The SMILES string of the molecule is COc1ccc(/C=C/C(=O)c2cccc(Br)c2)cc1CN1CCSCC1. The van der Waals surface area contributed by atoms with Gasteiger partial charge in [-0.1, -0.05) is 40.2 Å². The first-order valence-electron chi connectivity index (χ1n) is 8.61. The normalized spacial score (nSPS) is 15.3. The lowest BCUT2D eigenvalue weighted by Crippen LogP contribution is -2.32. The van der Waals surface area contributed by atoms with Gasteiger partial charge in [0.25, 0.3) is 0 Å². The highest BCUT2D eigenvalue weighted by molar-refractivity contribution is 9.10. The molecule has 3 nitrogen and oxygen atoms in total. The van der Waals surface area contributed by atoms with E-state index < -0.39 is 0 Å². The van der Waals surface area contributed by atoms with Gasteiger partial charge in [-0.05, 0) is 35.9 Å². The third-order valence-corrected chi connectivity index (χ3v) is 5.77. The van der Waals surface area contributed by atoms with Crippen molar-refractivity contribution in [1.82, 2.24) is 4.90 Å². The van der Waals surface area contributed by atoms with Gasteiger partial charge >= 0.3 is 0 Å². The average molecular weight is 432 g/mol. The van der Waals surface area contributed by atoms with E-state index in [9.17, 15) is 4.79 Å². The van der Waals surface area contributed by atoms with Gasteiger partial charge in [0.15, 0.2) is 5.78 Å². The molecule has 136 valence electrons. The Labute approximate surface area is 167 Å². The number of methoxy groups -OCH3 is 1. The lowest BCUT2D eigenvalue weighted by molar-refractivity contribution is 0.104. The molecule has 1 aliphatic rings. The first kappa shape index (κ1) is 19.2. The molecular weight excluding hydrogens is 410 g/mol. The molecule has 1 fully saturated rings. The largest absolute Gasteiger partial charge is 0.496 e. The van der Waals surface area contributed by atoms with Crippen LogP contribution in [0.1, 0.15) is 21.5 Å². The predicted octanol–water partition coefficient (Wildman–Crippen LogP) is 4.90. The van der Waals surface area contributed by atoms with E-state index >= 15 is 0 Å². The van der Waals surface area contributed by atoms with Crippen molar-refractivity contribution in [1.29, 1.82) is 0 Å². The van der Waals surface area contributed by atoms with Crippen LogP contribution in [0.5, 0.6) is 5.75 Å². The zero-order chi connectivity index (χ0) is 18.4. The Bertz CT molecular complexity index is 800. The van der Waals surface area contributed by atoms with Gasteiger partial charge < -0.3 is 4.74 Å². The quantitative estimate of drug-likeness (QED) is 0.480. The van der Waals surface area contributed by atoms with Crippen LogP contribution in [0.2, 0.25) is 0 Å². The summed E-state index contributed by atoms with van der Waals surface area (Å²) in [6.07, 6.45) is 3.50. The van der Waals surface area contributed by atoms with E-state index in [0.29, 0.717) is 5.56 Å². The summed E-state index contributed by atoms with van der Waals surface area (Å²) in [7, 11) is 1.71. The minimum absolute atomic E-state index is 0.00303. The second kappa shape index (κ2) is 9.40. The molecule has 2 aromatic carbocycles. The van der Waals surface area contributed by atoms with Crippen LogP contribution in [0.3, 0.4) is 0 Å². The Morgan fingerprint density at radius 1 is 1.23 bits per heavy atom. The summed E-state index contributed by atoms with van der Waals surface area (Å²) >= 11 is 5.41. The lowest BCUT2D eigenvalue weighted by atomic mass is 10.1. The molecule has 0 spiro atoms. The zero-order valence-electron chi connectivity index (χ0n) is 14.8. The number of allylic oxidation sites excluding steroid dienone is 1. The highest BCUT2D eigenvalue weighted by Crippen LogP contribution is 2.24. The highest BCUT2D eigenvalue weighted by atomic mass is 79.9. The molecule has 0 aromatic heterocycles. The van der Waals surface area contributed by atoms with E-state index in [1.807, 2.05) is 54.2 Å². The van der Waals surface area contributed by atoms with Gasteiger partial charge in [0, 0.05) is 46.7 Å². The van der Waals surface area contributed by atoms with E-state index in [1.165, 1.54) is 11.5 Å². The Morgan fingerprint density at radius 2 is 2.04 bits per heavy atom. The number of rotatable bonds is 6. The maximum Gasteiger partial charge on any atom is 0.185 e. The number of hydrogen-bond acceptors (Lipinski definition) is 4. The lowest BCUT2D eigenvalue weighted by Gasteiger charge is -2.26. The standard InChI is InChI=1S/C21H22BrNO2S/c1-25-21-8-6-16(13-18(21)15-23-9-11-26-12-10-23)5-7-20(24)17-3-2-4-19(22)14-17/h2-8,13-14H,9-12,15H2,1H3/b7-5+. The first-order chi connectivity index (χ1) is 12.7. The van der Waals surface area contributed by atoms with Crippen LogP contribution in [0.4, 0.5) is 0 Å². The van der Waals surface area contributed by atoms with Gasteiger partial charge in [-0.25, -0.2) is 0 Å². The molecule has 26 heavy (non-hydrogen) atoms. The number of ether oxygens (including phenoxy) is 1. The van der Waals surface area contributed by atoms with Gasteiger partial charge in [-0.3, -0.25) is 9.69 Å². The number of carbonyl (C=O) groups is 1. The summed E-state index contributed by atoms with van der Waals surface area (Å²) in [5.74, 6) is 3.27. The van der Waals surface area contributed by atoms with Crippen LogP contribution in [0.15, 0.2) is 53.0 Å². The molecular formula is C21H22BrNO2S. The van der Waals surface area contributed by atoms with E-state index in [0.717, 1.165) is 41.0 Å². The minimum atomic E-state index is -0.00303. The van der Waals surface area contributed by atoms with Crippen LogP contribution in [0.25, 0.3) is 6.08 Å². The van der Waals surface area contributed by atoms with Crippen LogP contribution in [0, 0.1) is 0 Å². The van der Waals surface area contributed by atoms with Gasteiger partial charge in [0.1, 0.15) is 5.75 Å². The van der Waals surface area contributed by atoms with Crippen molar-refractivity contribution in [2.45, 2.75) is 6.54 Å². The van der Waals surface area contributed by atoms with Gasteiger partial charge in [0.05, 0.1) is 7.11 Å². The van der Waals surface area contributed by atoms with Crippen molar-refractivity contribution in [2.24, 2.45) is 0 Å². The number of ketones is 1. The fraction of sp³-hybridized carbons (Fsp3) is 0.286. The number of carbonyl (C=O) groups excluding carboxylic acids is 1. The molecule has 0 saturated carbocycles. The van der Waals surface area contributed by atoms with E-state index in [4.69, 9.17) is 4.74 Å². The zero-order valence-corrected chi connectivity index (χ0v) is 17.2. The molecule has 0 aliphatic carbocycles. The van der Waals surface area contributed by atoms with Gasteiger partial charge in [-0.15, -0.1) is 0 Å². The number of thioether (sulfide) groups is 1. The fourth-order valence-corrected chi connectivity index (χ4v) is 4.31. The first-order valence-corrected chi connectivity index (χ1v) is 10.6. The Morgan fingerprint density at radius 3 is 2.77 bits per heavy atom. The summed E-state index contributed by atoms with van der Waals surface area (Å²) in [6.45, 7) is 3.09. The maximum absolute atomic E-state index is 12.4. The van der Waals surface area contributed by atoms with Gasteiger partial charge in [0.2, 0.25) is 0 Å². The second-order valence-corrected chi connectivity index (χ2v) is 8.31. The number of halogens is 1. The third-order valence-electron chi connectivity index (χ3n) is 4.34. The average Bonchev–Trinajstić information content (AvgIpc) is 2.67. The highest BCUT2D eigenvalue weighted by Gasteiger charge is 2.13. The predicted molar refractivity (Wildman–Crippen MR) is 113 cm³/mol. The van der Waals surface area contributed by atoms with Crippen molar-refractivity contribution < 1.29 is 9.53 Å². The Hall–Kier alpha value is -1.56. The Kier molecular flexibility index (Phi) is 6.94. The molecule has 0 amide bonds. The number of hydrogen-bond donors (Lipinski definition) is 0. The monoisotopic (exact) mass is 431 g/mol. The van der Waals surface area contributed by atoms with Crippen molar-refractivity contribution in [3.63, 3.8) is 0 Å². The van der Waals surface area contributed by atoms with Crippen molar-refractivity contribution in [2.75, 3.05) is 31.7 Å². The summed E-state index contributed by atoms with van der Waals surface area (Å²) in [5.41, 5.74) is 2.85. The van der Waals surface area contributed by atoms with E-state index in [1.54, 1.807) is 13.2 Å². The fourth-order valence-electron chi connectivity index (χ4n) is 2.94. The second-order valence-electron chi connectivity index (χ2n) is 6.17. The van der Waals surface area contributed by atoms with Crippen LogP contribution < -0.4 is 4.74 Å². The molecule has 0 unspecified atom stereocenters. The van der Waals surface area contributed by atoms with Crippen LogP contribution in [-0.4, -0.2) is 42.4 Å². The third kappa shape index (κ3) is 5.22. The summed E-state index contributed by atoms with van der Waals surface area (Å²) in [4.78, 5) is 14.8. The van der Waals surface area contributed by atoms with E-state index in [2.05, 4.69) is 26.9 Å². The number of nitrogens with zero attached hydrogens (tertiary/aromatic N) is 1. The van der Waals surface area contributed by atoms with Gasteiger partial charge in [-0.2, -0.15) is 11.8 Å². The van der Waals surface area contributed by atoms with Crippen LogP contribution >= 0.6 is 27.7 Å². The van der Waals surface area contributed by atoms with Crippen molar-refractivity contribution >= 4 is 39.6 Å². The molecule has 2 aromatic rings. The molecule has 0 atom stereocenters. The molecule has 1 aliphatic heterocycles. The molecule has 0 bridgehead atoms. The molecule has 3 rings (SSSR count). The smallest absolute Gasteiger partial charge is 0.185 e. The number of benzene rings is 2. The summed E-state index contributed by atoms with van der Waals surface area (Å²) in [6, 6.07) is 13.5. The summed E-state index contributed by atoms with van der Waals surface area (Å²) in [5, 5.41) is 0. The maximum atomic E-state index is 12.4. The Balaban J connectivity index is 1.75. The molecule has 0 radical (unpaired) electrons. The molecule has 5 heteroatoms. The van der Waals surface area contributed by atoms with Crippen molar-refractivity contribution in [3.8, 4) is 5.75 Å². The summed E-state index contributed by atoms with van der Waals surface area (Å²) < 4.78 is 6.43. The van der Waals surface area contributed by atoms with Crippen LogP contribution in [-0.2, 0) is 6.54 Å². The molecule has 1 heterocycles. The minimum Gasteiger partial charge on any atom is -0.496 e. The van der Waals surface area contributed by atoms with Crippen molar-refractivity contribution in [3.05, 3.63) is 69.7 Å².